The molecular weight excluding hydrogens is 321 g/mol. The van der Waals surface area contributed by atoms with Crippen LogP contribution in [0.4, 0.5) is 10.1 Å². The van der Waals surface area contributed by atoms with E-state index < -0.39 is 30.1 Å². The molecule has 104 valence electrons. The number of carbonyl (C=O) groups is 2. The molecule has 0 aliphatic carbocycles. The maximum Gasteiger partial charge on any atom is 0.308 e. The first-order valence-electron chi connectivity index (χ1n) is 5.42. The Kier molecular flexibility index (Phi) is 5.29. The van der Waals surface area contributed by atoms with Crippen LogP contribution in [0, 0.1) is 11.7 Å². The maximum absolute atomic E-state index is 13.6. The molecule has 0 amide bonds. The fourth-order valence-corrected chi connectivity index (χ4v) is 2.00. The highest BCUT2D eigenvalue weighted by Crippen LogP contribution is 2.24. The molecule has 0 radical (unpaired) electrons. The van der Waals surface area contributed by atoms with Crippen molar-refractivity contribution in [3.8, 4) is 0 Å². The molecule has 0 spiro atoms. The van der Waals surface area contributed by atoms with Crippen molar-refractivity contribution in [2.75, 3.05) is 18.5 Å². The molecule has 0 saturated carbocycles. The Morgan fingerprint density at radius 3 is 2.58 bits per heavy atom. The molecule has 1 rings (SSSR count). The lowest BCUT2D eigenvalue weighted by Gasteiger charge is -2.23. The van der Waals surface area contributed by atoms with E-state index in [1.54, 1.807) is 0 Å². The quantitative estimate of drug-likeness (QED) is 0.834. The number of hydrogen-bond acceptors (Lipinski definition) is 3. The number of aliphatic carboxylic acids is 2. The number of anilines is 1. The van der Waals surface area contributed by atoms with Gasteiger partial charge in [-0.3, -0.25) is 9.59 Å². The molecule has 1 unspecified atom stereocenters. The molecule has 0 saturated heterocycles. The van der Waals surface area contributed by atoms with Crippen LogP contribution < -0.4 is 4.90 Å². The zero-order chi connectivity index (χ0) is 14.6. The average molecular weight is 334 g/mol. The number of carboxylic acid groups (broad SMARTS) is 2. The largest absolute Gasteiger partial charge is 0.481 e. The van der Waals surface area contributed by atoms with Gasteiger partial charge in [0.05, 0.1) is 18.0 Å². The second-order valence-corrected chi connectivity index (χ2v) is 5.02. The van der Waals surface area contributed by atoms with E-state index in [1.807, 2.05) is 0 Å². The van der Waals surface area contributed by atoms with Crippen LogP contribution in [0.3, 0.4) is 0 Å². The Balaban J connectivity index is 2.87. The standard InChI is InChI=1S/C12H13BrFNO4/c1-15(6-7(12(18)19)4-11(16)17)10-5-8(13)2-3-9(10)14/h2-3,5,7H,4,6H2,1H3,(H,16,17)(H,18,19). The molecule has 2 N–H and O–H groups in total. The minimum atomic E-state index is -1.22. The van der Waals surface area contributed by atoms with Gasteiger partial charge in [0.2, 0.25) is 0 Å². The smallest absolute Gasteiger partial charge is 0.308 e. The minimum Gasteiger partial charge on any atom is -0.481 e. The summed E-state index contributed by atoms with van der Waals surface area (Å²) < 4.78 is 14.3. The zero-order valence-corrected chi connectivity index (χ0v) is 11.7. The van der Waals surface area contributed by atoms with Gasteiger partial charge in [0.15, 0.2) is 0 Å². The monoisotopic (exact) mass is 333 g/mol. The summed E-state index contributed by atoms with van der Waals surface area (Å²) in [6, 6.07) is 4.29. The Bertz CT molecular complexity index is 495. The highest BCUT2D eigenvalue weighted by Gasteiger charge is 2.23. The summed E-state index contributed by atoms with van der Waals surface area (Å²) in [5.41, 5.74) is 0.214. The highest BCUT2D eigenvalue weighted by atomic mass is 79.9. The summed E-state index contributed by atoms with van der Waals surface area (Å²) in [4.78, 5) is 22.9. The molecule has 0 aliphatic rings. The van der Waals surface area contributed by atoms with E-state index in [0.29, 0.717) is 4.47 Å². The summed E-state index contributed by atoms with van der Waals surface area (Å²) in [6.45, 7) is -0.0883. The molecule has 0 aliphatic heterocycles. The third-order valence-electron chi connectivity index (χ3n) is 2.58. The number of carboxylic acids is 2. The Hall–Kier alpha value is -1.63. The van der Waals surface area contributed by atoms with Gasteiger partial charge in [0.25, 0.3) is 0 Å². The molecule has 0 fully saturated rings. The highest BCUT2D eigenvalue weighted by molar-refractivity contribution is 9.10. The van der Waals surface area contributed by atoms with Gasteiger partial charge in [-0.05, 0) is 18.2 Å². The predicted octanol–water partition coefficient (Wildman–Crippen LogP) is 2.20. The first-order valence-corrected chi connectivity index (χ1v) is 6.21. The Morgan fingerprint density at radius 1 is 1.42 bits per heavy atom. The van der Waals surface area contributed by atoms with Crippen LogP contribution in [0.15, 0.2) is 22.7 Å². The lowest BCUT2D eigenvalue weighted by atomic mass is 10.1. The van der Waals surface area contributed by atoms with Crippen molar-refractivity contribution in [1.82, 2.24) is 0 Å². The van der Waals surface area contributed by atoms with Crippen LogP contribution in [-0.4, -0.2) is 35.7 Å². The van der Waals surface area contributed by atoms with E-state index in [1.165, 1.54) is 30.1 Å². The van der Waals surface area contributed by atoms with Crippen LogP contribution in [-0.2, 0) is 9.59 Å². The van der Waals surface area contributed by atoms with E-state index in [9.17, 15) is 14.0 Å². The van der Waals surface area contributed by atoms with Crippen molar-refractivity contribution >= 4 is 33.6 Å². The average Bonchev–Trinajstić information content (AvgIpc) is 2.30. The summed E-state index contributed by atoms with van der Waals surface area (Å²) in [7, 11) is 1.52. The van der Waals surface area contributed by atoms with E-state index in [4.69, 9.17) is 10.2 Å². The van der Waals surface area contributed by atoms with Crippen molar-refractivity contribution in [2.24, 2.45) is 5.92 Å². The van der Waals surface area contributed by atoms with Gasteiger partial charge < -0.3 is 15.1 Å². The molecule has 0 bridgehead atoms. The summed E-state index contributed by atoms with van der Waals surface area (Å²) in [5.74, 6) is -4.01. The molecule has 0 heterocycles. The fraction of sp³-hybridized carbons (Fsp3) is 0.333. The van der Waals surface area contributed by atoms with Gasteiger partial charge in [-0.15, -0.1) is 0 Å². The van der Waals surface area contributed by atoms with Crippen molar-refractivity contribution in [1.29, 1.82) is 0 Å². The van der Waals surface area contributed by atoms with E-state index in [0.717, 1.165) is 0 Å². The molecule has 19 heavy (non-hydrogen) atoms. The molecule has 1 atom stereocenters. The molecule has 1 aromatic carbocycles. The Labute approximate surface area is 117 Å². The first-order chi connectivity index (χ1) is 8.81. The van der Waals surface area contributed by atoms with Gasteiger partial charge in [-0.1, -0.05) is 15.9 Å². The topological polar surface area (TPSA) is 77.8 Å². The van der Waals surface area contributed by atoms with Crippen LogP contribution in [0.5, 0.6) is 0 Å². The van der Waals surface area contributed by atoms with Crippen molar-refractivity contribution in [2.45, 2.75) is 6.42 Å². The van der Waals surface area contributed by atoms with Crippen LogP contribution in [0.2, 0.25) is 0 Å². The van der Waals surface area contributed by atoms with Gasteiger partial charge >= 0.3 is 11.9 Å². The van der Waals surface area contributed by atoms with Gasteiger partial charge in [-0.25, -0.2) is 4.39 Å². The van der Waals surface area contributed by atoms with Crippen LogP contribution >= 0.6 is 15.9 Å². The molecule has 1 aromatic rings. The molecule has 7 heteroatoms. The number of nitrogens with zero attached hydrogens (tertiary/aromatic N) is 1. The lowest BCUT2D eigenvalue weighted by molar-refractivity contribution is -0.147. The van der Waals surface area contributed by atoms with E-state index in [-0.39, 0.29) is 12.2 Å². The van der Waals surface area contributed by atoms with Gasteiger partial charge in [0.1, 0.15) is 5.82 Å². The zero-order valence-electron chi connectivity index (χ0n) is 10.1. The maximum atomic E-state index is 13.6. The number of benzene rings is 1. The predicted molar refractivity (Wildman–Crippen MR) is 70.7 cm³/mol. The molecular formula is C12H13BrFNO4. The molecule has 0 aromatic heterocycles. The minimum absolute atomic E-state index is 0.0883. The summed E-state index contributed by atoms with van der Waals surface area (Å²) in [6.07, 6.45) is -0.505. The van der Waals surface area contributed by atoms with Crippen molar-refractivity contribution in [3.63, 3.8) is 0 Å². The third-order valence-corrected chi connectivity index (χ3v) is 3.08. The SMILES string of the molecule is CN(CC(CC(=O)O)C(=O)O)c1cc(Br)ccc1F. The lowest BCUT2D eigenvalue weighted by Crippen LogP contribution is -2.32. The molecule has 5 nitrogen and oxygen atoms in total. The van der Waals surface area contributed by atoms with Gasteiger partial charge in [-0.2, -0.15) is 0 Å². The van der Waals surface area contributed by atoms with Gasteiger partial charge in [0, 0.05) is 18.1 Å². The van der Waals surface area contributed by atoms with Crippen molar-refractivity contribution < 1.29 is 24.2 Å². The number of rotatable bonds is 6. The normalized spacial score (nSPS) is 11.9. The summed E-state index contributed by atoms with van der Waals surface area (Å²) in [5, 5.41) is 17.6. The first kappa shape index (κ1) is 15.4. The van der Waals surface area contributed by atoms with Crippen molar-refractivity contribution in [3.05, 3.63) is 28.5 Å². The fourth-order valence-electron chi connectivity index (χ4n) is 1.65. The van der Waals surface area contributed by atoms with E-state index in [2.05, 4.69) is 15.9 Å². The number of halogens is 2. The van der Waals surface area contributed by atoms with Crippen LogP contribution in [0.1, 0.15) is 6.42 Å². The second-order valence-electron chi connectivity index (χ2n) is 4.11. The Morgan fingerprint density at radius 2 is 2.05 bits per heavy atom. The van der Waals surface area contributed by atoms with E-state index >= 15 is 0 Å². The van der Waals surface area contributed by atoms with Crippen LogP contribution in [0.25, 0.3) is 0 Å². The third kappa shape index (κ3) is 4.51. The second kappa shape index (κ2) is 6.51. The summed E-state index contributed by atoms with van der Waals surface area (Å²) >= 11 is 3.20. The number of hydrogen-bond donors (Lipinski definition) is 2.